The third kappa shape index (κ3) is 2.83. The molecule has 1 fully saturated rings. The van der Waals surface area contributed by atoms with Gasteiger partial charge in [-0.15, -0.1) is 10.2 Å². The molecule has 2 aromatic carbocycles. The Morgan fingerprint density at radius 3 is 2.71 bits per heavy atom. The van der Waals surface area contributed by atoms with Gasteiger partial charge >= 0.3 is 0 Å². The Bertz CT molecular complexity index is 1300. The lowest BCUT2D eigenvalue weighted by Crippen LogP contribution is -2.01. The van der Waals surface area contributed by atoms with Gasteiger partial charge < -0.3 is 5.32 Å². The Kier molecular flexibility index (Phi) is 3.72. The van der Waals surface area contributed by atoms with Crippen molar-refractivity contribution < 1.29 is 8.78 Å². The highest BCUT2D eigenvalue weighted by Gasteiger charge is 2.18. The van der Waals surface area contributed by atoms with Crippen molar-refractivity contribution in [3.8, 4) is 23.2 Å². The summed E-state index contributed by atoms with van der Waals surface area (Å²) in [5.74, 6) is 7.09. The van der Waals surface area contributed by atoms with E-state index < -0.39 is 5.82 Å². The first-order valence-electron chi connectivity index (χ1n) is 8.97. The van der Waals surface area contributed by atoms with Gasteiger partial charge in [-0.1, -0.05) is 11.8 Å². The third-order valence-corrected chi connectivity index (χ3v) is 4.70. The molecule has 4 aromatic rings. The molecular formula is C21H15F2N5. The minimum Gasteiger partial charge on any atom is -0.372 e. The van der Waals surface area contributed by atoms with Gasteiger partial charge in [0, 0.05) is 29.5 Å². The normalized spacial score (nSPS) is 13.5. The van der Waals surface area contributed by atoms with E-state index in [1.54, 1.807) is 23.6 Å². The Morgan fingerprint density at radius 1 is 1.07 bits per heavy atom. The zero-order chi connectivity index (χ0) is 19.3. The number of benzene rings is 2. The second kappa shape index (κ2) is 6.27. The predicted octanol–water partition coefficient (Wildman–Crippen LogP) is 4.03. The molecule has 28 heavy (non-hydrogen) atoms. The molecule has 0 atom stereocenters. The summed E-state index contributed by atoms with van der Waals surface area (Å²) in [6.07, 6.45) is 2.21. The number of nitrogens with zero attached hydrogens (tertiary/aromatic N) is 4. The monoisotopic (exact) mass is 375 g/mol. The number of aromatic nitrogens is 4. The lowest BCUT2D eigenvalue weighted by molar-refractivity contribution is 0.627. The summed E-state index contributed by atoms with van der Waals surface area (Å²) in [5.41, 5.74) is 1.80. The van der Waals surface area contributed by atoms with Gasteiger partial charge in [-0.25, -0.2) is 8.78 Å². The predicted molar refractivity (Wildman–Crippen MR) is 103 cm³/mol. The third-order valence-electron chi connectivity index (χ3n) is 4.70. The molecule has 0 unspecified atom stereocenters. The van der Waals surface area contributed by atoms with Crippen LogP contribution >= 0.6 is 0 Å². The average molecular weight is 375 g/mol. The van der Waals surface area contributed by atoms with Gasteiger partial charge in [-0.2, -0.15) is 4.98 Å². The van der Waals surface area contributed by atoms with Crippen LogP contribution in [0.2, 0.25) is 0 Å². The molecule has 138 valence electrons. The first-order chi connectivity index (χ1) is 13.6. The Morgan fingerprint density at radius 2 is 1.93 bits per heavy atom. The molecule has 1 aliphatic carbocycles. The molecule has 1 aliphatic rings. The van der Waals surface area contributed by atoms with Crippen LogP contribution in [0.1, 0.15) is 18.4 Å². The molecule has 7 heteroatoms. The summed E-state index contributed by atoms with van der Waals surface area (Å²) in [7, 11) is 1.71. The van der Waals surface area contributed by atoms with E-state index in [9.17, 15) is 8.78 Å². The SMILES string of the molecule is CNc1nc2nnc(-c3cc(F)cc(C#CC4CC4)c3)n2c2ccc(F)cc12. The van der Waals surface area contributed by atoms with Crippen molar-refractivity contribution in [2.75, 3.05) is 12.4 Å². The van der Waals surface area contributed by atoms with E-state index in [1.165, 1.54) is 24.3 Å². The van der Waals surface area contributed by atoms with Gasteiger partial charge in [-0.3, -0.25) is 4.40 Å². The number of fused-ring (bicyclic) bond motifs is 3. The molecule has 0 amide bonds. The van der Waals surface area contributed by atoms with E-state index in [4.69, 9.17) is 0 Å². The Hall–Kier alpha value is -3.53. The van der Waals surface area contributed by atoms with Crippen LogP contribution in [-0.2, 0) is 0 Å². The number of hydrogen-bond donors (Lipinski definition) is 1. The Labute approximate surface area is 159 Å². The van der Waals surface area contributed by atoms with Crippen molar-refractivity contribution in [1.82, 2.24) is 19.6 Å². The number of nitrogens with one attached hydrogen (secondary N) is 1. The fourth-order valence-electron chi connectivity index (χ4n) is 3.20. The zero-order valence-corrected chi connectivity index (χ0v) is 15.0. The van der Waals surface area contributed by atoms with Gasteiger partial charge in [0.1, 0.15) is 17.5 Å². The zero-order valence-electron chi connectivity index (χ0n) is 15.0. The van der Waals surface area contributed by atoms with E-state index in [0.29, 0.717) is 45.4 Å². The van der Waals surface area contributed by atoms with Crippen LogP contribution in [0, 0.1) is 29.4 Å². The van der Waals surface area contributed by atoms with Crippen LogP contribution in [0.4, 0.5) is 14.6 Å². The molecule has 5 nitrogen and oxygen atoms in total. The lowest BCUT2D eigenvalue weighted by atomic mass is 10.1. The van der Waals surface area contributed by atoms with Crippen LogP contribution in [0.15, 0.2) is 36.4 Å². The van der Waals surface area contributed by atoms with Crippen molar-refractivity contribution in [1.29, 1.82) is 0 Å². The number of halogens is 2. The van der Waals surface area contributed by atoms with Gasteiger partial charge in [-0.05, 0) is 49.2 Å². The molecule has 0 bridgehead atoms. The summed E-state index contributed by atoms with van der Waals surface area (Å²) in [6.45, 7) is 0. The molecule has 0 radical (unpaired) electrons. The smallest absolute Gasteiger partial charge is 0.257 e. The average Bonchev–Trinajstić information content (AvgIpc) is 3.42. The molecule has 5 rings (SSSR count). The van der Waals surface area contributed by atoms with Gasteiger partial charge in [0.05, 0.1) is 5.52 Å². The molecule has 2 heterocycles. The fraction of sp³-hybridized carbons (Fsp3) is 0.190. The number of hydrogen-bond acceptors (Lipinski definition) is 4. The van der Waals surface area contributed by atoms with Gasteiger partial charge in [0.2, 0.25) is 0 Å². The topological polar surface area (TPSA) is 55.1 Å². The van der Waals surface area contributed by atoms with E-state index in [-0.39, 0.29) is 5.82 Å². The van der Waals surface area contributed by atoms with E-state index in [2.05, 4.69) is 32.3 Å². The van der Waals surface area contributed by atoms with E-state index >= 15 is 0 Å². The molecule has 0 aliphatic heterocycles. The van der Waals surface area contributed by atoms with Crippen molar-refractivity contribution in [3.63, 3.8) is 0 Å². The van der Waals surface area contributed by atoms with Crippen LogP contribution in [0.25, 0.3) is 28.1 Å². The number of anilines is 1. The summed E-state index contributed by atoms with van der Waals surface area (Å²) in [5, 5.41) is 11.9. The van der Waals surface area contributed by atoms with Gasteiger partial charge in [0.25, 0.3) is 5.78 Å². The molecule has 0 saturated heterocycles. The summed E-state index contributed by atoms with van der Waals surface area (Å²) >= 11 is 0. The summed E-state index contributed by atoms with van der Waals surface area (Å²) in [6, 6.07) is 8.99. The largest absolute Gasteiger partial charge is 0.372 e. The van der Waals surface area contributed by atoms with Gasteiger partial charge in [0.15, 0.2) is 5.82 Å². The van der Waals surface area contributed by atoms with Crippen molar-refractivity contribution in [2.45, 2.75) is 12.8 Å². The minimum atomic E-state index is -0.399. The maximum Gasteiger partial charge on any atom is 0.257 e. The first kappa shape index (κ1) is 16.6. The van der Waals surface area contributed by atoms with Crippen molar-refractivity contribution >= 4 is 22.5 Å². The van der Waals surface area contributed by atoms with Crippen LogP contribution in [-0.4, -0.2) is 26.6 Å². The molecular weight excluding hydrogens is 360 g/mol. The molecule has 0 spiro atoms. The highest BCUT2D eigenvalue weighted by Crippen LogP contribution is 2.29. The van der Waals surface area contributed by atoms with E-state index in [0.717, 1.165) is 12.8 Å². The fourth-order valence-corrected chi connectivity index (χ4v) is 3.20. The minimum absolute atomic E-state index is 0.341. The van der Waals surface area contributed by atoms with Crippen LogP contribution < -0.4 is 5.32 Å². The second-order valence-electron chi connectivity index (χ2n) is 6.80. The molecule has 2 aromatic heterocycles. The van der Waals surface area contributed by atoms with Crippen LogP contribution in [0.3, 0.4) is 0 Å². The first-order valence-corrected chi connectivity index (χ1v) is 8.97. The maximum absolute atomic E-state index is 14.2. The van der Waals surface area contributed by atoms with Crippen molar-refractivity contribution in [2.24, 2.45) is 5.92 Å². The van der Waals surface area contributed by atoms with Crippen molar-refractivity contribution in [3.05, 3.63) is 53.6 Å². The highest BCUT2D eigenvalue weighted by molar-refractivity contribution is 5.92. The highest BCUT2D eigenvalue weighted by atomic mass is 19.1. The number of rotatable bonds is 2. The standard InChI is InChI=1S/C21H15F2N5/c1-24-19-17-11-15(22)6-7-18(17)28-20(26-27-21(28)25-19)14-8-13(9-16(23)10-14)5-4-12-2-3-12/h6-12H,2-3H2,1H3,(H,24,25,27). The Balaban J connectivity index is 1.75. The second-order valence-corrected chi connectivity index (χ2v) is 6.80. The summed E-state index contributed by atoms with van der Waals surface area (Å²) in [4.78, 5) is 4.41. The molecule has 1 N–H and O–H groups in total. The van der Waals surface area contributed by atoms with E-state index in [1.807, 2.05) is 0 Å². The lowest BCUT2D eigenvalue weighted by Gasteiger charge is -2.09. The maximum atomic E-state index is 14.2. The summed E-state index contributed by atoms with van der Waals surface area (Å²) < 4.78 is 29.7. The van der Waals surface area contributed by atoms with Crippen LogP contribution in [0.5, 0.6) is 0 Å². The molecule has 1 saturated carbocycles. The quantitative estimate of drug-likeness (QED) is 0.538.